The molecule has 0 radical (unpaired) electrons. The van der Waals surface area contributed by atoms with Crippen LogP contribution in [-0.4, -0.2) is 54.5 Å². The normalized spacial score (nSPS) is 9.52. The van der Waals surface area contributed by atoms with Crippen molar-refractivity contribution in [3.05, 3.63) is 0 Å². The molecule has 0 saturated carbocycles. The first-order valence-corrected chi connectivity index (χ1v) is 5.64. The molecule has 0 aromatic heterocycles. The summed E-state index contributed by atoms with van der Waals surface area (Å²) in [6, 6.07) is 0. The topological polar surface area (TPSA) is 225 Å². The first kappa shape index (κ1) is 21.0. The van der Waals surface area contributed by atoms with Crippen molar-refractivity contribution in [3.8, 4) is 0 Å². The standard InChI is InChI=1S/C6H6N3O10P.Li.H/c7-1(10)4(13)17-20(16,18-5(14)2(8)11)19-6(15)3(9)12;;/h(H2,7,10)(H2,8,11)(H2,9,12);;. The van der Waals surface area contributed by atoms with Gasteiger partial charge in [0.2, 0.25) is 0 Å². The molecule has 0 bridgehead atoms. The van der Waals surface area contributed by atoms with Crippen molar-refractivity contribution in [1.82, 2.24) is 0 Å². The van der Waals surface area contributed by atoms with Crippen LogP contribution in [0.25, 0.3) is 0 Å². The van der Waals surface area contributed by atoms with Crippen LogP contribution in [0.2, 0.25) is 0 Å². The molecule has 0 rings (SSSR count). The monoisotopic (exact) mass is 319 g/mol. The minimum atomic E-state index is -5.50. The van der Waals surface area contributed by atoms with Crippen LogP contribution < -0.4 is 17.2 Å². The maximum absolute atomic E-state index is 11.6. The molecule has 0 aliphatic rings. The summed E-state index contributed by atoms with van der Waals surface area (Å²) >= 11 is 0. The van der Waals surface area contributed by atoms with Gasteiger partial charge in [-0.05, 0) is 0 Å². The quantitative estimate of drug-likeness (QED) is 0.256. The van der Waals surface area contributed by atoms with Crippen molar-refractivity contribution in [3.63, 3.8) is 0 Å². The molecule has 112 valence electrons. The molecule has 0 saturated heterocycles. The van der Waals surface area contributed by atoms with Gasteiger partial charge in [-0.25, -0.2) is 14.4 Å². The van der Waals surface area contributed by atoms with Crippen LogP contribution in [0.4, 0.5) is 0 Å². The van der Waals surface area contributed by atoms with Gasteiger partial charge in [0.05, 0.1) is 0 Å². The first-order chi connectivity index (χ1) is 8.98. The van der Waals surface area contributed by atoms with E-state index >= 15 is 0 Å². The number of carbonyl (C=O) groups is 6. The van der Waals surface area contributed by atoms with E-state index in [1.165, 1.54) is 0 Å². The zero-order valence-corrected chi connectivity index (χ0v) is 10.2. The van der Waals surface area contributed by atoms with Crippen molar-refractivity contribution in [1.29, 1.82) is 0 Å². The number of nitrogens with two attached hydrogens (primary N) is 3. The average molecular weight is 319 g/mol. The van der Waals surface area contributed by atoms with Crippen molar-refractivity contribution in [2.24, 2.45) is 17.2 Å². The summed E-state index contributed by atoms with van der Waals surface area (Å²) in [4.78, 5) is 63.5. The Balaban J connectivity index is 0. The molecule has 15 heteroatoms. The van der Waals surface area contributed by atoms with Gasteiger partial charge in [0.15, 0.2) is 0 Å². The van der Waals surface area contributed by atoms with Crippen LogP contribution in [0.1, 0.15) is 0 Å². The molecule has 0 aromatic rings. The van der Waals surface area contributed by atoms with Crippen molar-refractivity contribution >= 4 is 62.3 Å². The second-order valence-corrected chi connectivity index (χ2v) is 4.12. The summed E-state index contributed by atoms with van der Waals surface area (Å²) in [5, 5.41) is 0. The Morgan fingerprint density at radius 2 is 0.810 bits per heavy atom. The van der Waals surface area contributed by atoms with E-state index in [-0.39, 0.29) is 18.9 Å². The molecular formula is C6H7LiN3O10P. The van der Waals surface area contributed by atoms with Crippen LogP contribution in [0.3, 0.4) is 0 Å². The van der Waals surface area contributed by atoms with E-state index in [4.69, 9.17) is 0 Å². The Kier molecular flexibility index (Phi) is 8.03. The zero-order chi connectivity index (χ0) is 16.1. The fraction of sp³-hybridized carbons (Fsp3) is 0. The molecule has 0 aliphatic carbocycles. The van der Waals surface area contributed by atoms with Crippen molar-refractivity contribution in [2.75, 3.05) is 0 Å². The summed E-state index contributed by atoms with van der Waals surface area (Å²) < 4.78 is 22.6. The molecule has 0 aliphatic heterocycles. The molecule has 0 aromatic carbocycles. The molecule has 0 spiro atoms. The number of amides is 3. The van der Waals surface area contributed by atoms with Gasteiger partial charge < -0.3 is 30.8 Å². The number of rotatable bonds is 3. The average Bonchev–Trinajstić information content (AvgIpc) is 2.27. The van der Waals surface area contributed by atoms with Gasteiger partial charge in [-0.15, -0.1) is 0 Å². The molecule has 0 fully saturated rings. The molecule has 6 N–H and O–H groups in total. The third kappa shape index (κ3) is 7.11. The molecule has 3 amide bonds. The zero-order valence-electron chi connectivity index (χ0n) is 9.26. The predicted molar refractivity (Wildman–Crippen MR) is 60.6 cm³/mol. The van der Waals surface area contributed by atoms with Crippen LogP contribution in [0.5, 0.6) is 0 Å². The SMILES string of the molecule is NC(=O)C(=O)OP(=O)(OC(=O)C(N)=O)OC(=O)C(N)=O.[LiH]. The van der Waals surface area contributed by atoms with Gasteiger partial charge in [-0.3, -0.25) is 14.4 Å². The van der Waals surface area contributed by atoms with Crippen LogP contribution >= 0.6 is 7.82 Å². The summed E-state index contributed by atoms with van der Waals surface area (Å²) in [6.07, 6.45) is 0. The number of primary amides is 3. The molecule has 13 nitrogen and oxygen atoms in total. The van der Waals surface area contributed by atoms with E-state index < -0.39 is 43.5 Å². The predicted octanol–water partition coefficient (Wildman–Crippen LogP) is -4.47. The summed E-state index contributed by atoms with van der Waals surface area (Å²) in [6.45, 7) is 0. The van der Waals surface area contributed by atoms with Gasteiger partial charge in [0.1, 0.15) is 0 Å². The second kappa shape index (κ2) is 8.05. The number of phosphoric ester groups is 1. The maximum atomic E-state index is 11.6. The molecule has 0 heterocycles. The van der Waals surface area contributed by atoms with Gasteiger partial charge in [-0.1, -0.05) is 0 Å². The fourth-order valence-corrected chi connectivity index (χ4v) is 1.49. The van der Waals surface area contributed by atoms with Crippen LogP contribution in [0.15, 0.2) is 0 Å². The van der Waals surface area contributed by atoms with Gasteiger partial charge >= 0.3 is 62.3 Å². The Bertz CT molecular complexity index is 483. The second-order valence-electron chi connectivity index (χ2n) is 2.68. The van der Waals surface area contributed by atoms with Crippen LogP contribution in [0, 0.1) is 0 Å². The molecular weight excluding hydrogens is 312 g/mol. The third-order valence-corrected chi connectivity index (χ3v) is 2.36. The molecule has 21 heavy (non-hydrogen) atoms. The number of carbonyl (C=O) groups excluding carboxylic acids is 6. The van der Waals surface area contributed by atoms with E-state index in [1.54, 1.807) is 0 Å². The molecule has 0 atom stereocenters. The Morgan fingerprint density at radius 1 is 0.619 bits per heavy atom. The Morgan fingerprint density at radius 3 is 0.952 bits per heavy atom. The Labute approximate surface area is 127 Å². The van der Waals surface area contributed by atoms with Gasteiger partial charge in [-0.2, -0.15) is 4.57 Å². The number of hydrogen-bond acceptors (Lipinski definition) is 10. The summed E-state index contributed by atoms with van der Waals surface area (Å²) in [7, 11) is -5.50. The van der Waals surface area contributed by atoms with E-state index in [0.29, 0.717) is 0 Å². The van der Waals surface area contributed by atoms with E-state index in [9.17, 15) is 33.3 Å². The summed E-state index contributed by atoms with van der Waals surface area (Å²) in [5.74, 6) is -11.6. The number of phosphoric acid groups is 1. The fourth-order valence-electron chi connectivity index (χ4n) is 0.495. The van der Waals surface area contributed by atoms with Crippen LogP contribution in [-0.2, 0) is 46.9 Å². The van der Waals surface area contributed by atoms with Crippen molar-refractivity contribution in [2.45, 2.75) is 0 Å². The summed E-state index contributed by atoms with van der Waals surface area (Å²) in [5.41, 5.74) is 13.3. The minimum absolute atomic E-state index is 0. The van der Waals surface area contributed by atoms with Gasteiger partial charge in [0.25, 0.3) is 0 Å². The first-order valence-electron chi connectivity index (χ1n) is 4.18. The van der Waals surface area contributed by atoms with E-state index in [2.05, 4.69) is 30.8 Å². The van der Waals surface area contributed by atoms with E-state index in [0.717, 1.165) is 0 Å². The van der Waals surface area contributed by atoms with Crippen molar-refractivity contribution < 1.29 is 46.9 Å². The Hall–Kier alpha value is -2.35. The molecule has 0 unspecified atom stereocenters. The van der Waals surface area contributed by atoms with Gasteiger partial charge in [0, 0.05) is 0 Å². The number of hydrogen-bond donors (Lipinski definition) is 3. The van der Waals surface area contributed by atoms with E-state index in [1.807, 2.05) is 0 Å². The third-order valence-electron chi connectivity index (χ3n) is 1.19.